The molecule has 1 saturated heterocycles. The Hall–Kier alpha value is -2.12. The monoisotopic (exact) mass is 398 g/mol. The van der Waals surface area contributed by atoms with Crippen LogP contribution in [0, 0.1) is 5.92 Å². The van der Waals surface area contributed by atoms with Crippen molar-refractivity contribution in [1.29, 1.82) is 0 Å². The fourth-order valence-electron chi connectivity index (χ4n) is 4.44. The van der Waals surface area contributed by atoms with Gasteiger partial charge >= 0.3 is 0 Å². The minimum Gasteiger partial charge on any atom is -0.340 e. The molecule has 4 rings (SSSR count). The van der Waals surface area contributed by atoms with E-state index in [1.54, 1.807) is 30.2 Å². The summed E-state index contributed by atoms with van der Waals surface area (Å²) < 4.78 is 1.90. The van der Waals surface area contributed by atoms with Crippen LogP contribution in [0.2, 0.25) is 0 Å². The maximum absolute atomic E-state index is 12.8. The van der Waals surface area contributed by atoms with Gasteiger partial charge in [-0.3, -0.25) is 14.6 Å². The third-order valence-electron chi connectivity index (χ3n) is 5.81. The lowest BCUT2D eigenvalue weighted by Gasteiger charge is -2.43. The number of thioether (sulfide) groups is 1. The van der Waals surface area contributed by atoms with Crippen LogP contribution in [-0.2, 0) is 11.3 Å². The molecule has 0 unspecified atom stereocenters. The van der Waals surface area contributed by atoms with Crippen LogP contribution in [0.25, 0.3) is 11.1 Å². The normalized spacial score (nSPS) is 21.9. The Morgan fingerprint density at radius 2 is 2.18 bits per heavy atom. The number of hydrogen-bond donors (Lipinski definition) is 1. The Morgan fingerprint density at radius 3 is 2.93 bits per heavy atom. The summed E-state index contributed by atoms with van der Waals surface area (Å²) >= 11 is 1.71. The van der Waals surface area contributed by atoms with Gasteiger partial charge in [-0.2, -0.15) is 11.8 Å². The van der Waals surface area contributed by atoms with Gasteiger partial charge in [0.25, 0.3) is 5.56 Å². The minimum atomic E-state index is -0.435. The summed E-state index contributed by atoms with van der Waals surface area (Å²) in [6, 6.07) is 7.20. The molecule has 2 aliphatic heterocycles. The standard InChI is InChI=1S/C21H26N4O2S/c1-28-6-4-18(22)21(27)24-11-14-7-17(13-24)19-8-16(9-20(26)25(19)12-14)15-3-2-5-23-10-15/h2-3,5,8-10,14,17-18H,4,6-7,11-13,22H2,1H3/t14-,17+,18+/m0/s1. The summed E-state index contributed by atoms with van der Waals surface area (Å²) in [5.41, 5.74) is 9.02. The highest BCUT2D eigenvalue weighted by Crippen LogP contribution is 2.36. The zero-order chi connectivity index (χ0) is 19.7. The first-order chi connectivity index (χ1) is 13.6. The van der Waals surface area contributed by atoms with Gasteiger partial charge in [0.2, 0.25) is 5.91 Å². The zero-order valence-electron chi connectivity index (χ0n) is 16.1. The minimum absolute atomic E-state index is 0.0301. The Labute approximate surface area is 169 Å². The number of piperidine rings is 1. The van der Waals surface area contributed by atoms with Crippen molar-refractivity contribution in [3.05, 3.63) is 52.7 Å². The molecule has 0 radical (unpaired) electrons. The molecule has 1 fully saturated rings. The van der Waals surface area contributed by atoms with Crippen LogP contribution in [0.5, 0.6) is 0 Å². The van der Waals surface area contributed by atoms with Crippen LogP contribution in [0.4, 0.5) is 0 Å². The van der Waals surface area contributed by atoms with Crippen LogP contribution in [0.3, 0.4) is 0 Å². The van der Waals surface area contributed by atoms with E-state index in [-0.39, 0.29) is 17.4 Å². The molecule has 0 aliphatic carbocycles. The number of aromatic nitrogens is 2. The van der Waals surface area contributed by atoms with E-state index in [4.69, 9.17) is 5.73 Å². The molecule has 148 valence electrons. The molecule has 0 saturated carbocycles. The van der Waals surface area contributed by atoms with Gasteiger partial charge in [-0.25, -0.2) is 0 Å². The fraction of sp³-hybridized carbons (Fsp3) is 0.476. The highest BCUT2D eigenvalue weighted by Gasteiger charge is 2.37. The van der Waals surface area contributed by atoms with Crippen LogP contribution in [-0.4, -0.2) is 51.5 Å². The number of carbonyl (C=O) groups excluding carboxylic acids is 1. The summed E-state index contributed by atoms with van der Waals surface area (Å²) in [5.74, 6) is 1.42. The van der Waals surface area contributed by atoms with Crippen LogP contribution in [0.15, 0.2) is 41.5 Å². The number of amides is 1. The van der Waals surface area contributed by atoms with Gasteiger partial charge < -0.3 is 15.2 Å². The maximum Gasteiger partial charge on any atom is 0.251 e. The Kier molecular flexibility index (Phi) is 5.55. The summed E-state index contributed by atoms with van der Waals surface area (Å²) in [7, 11) is 0. The predicted octanol–water partition coefficient (Wildman–Crippen LogP) is 1.94. The van der Waals surface area contributed by atoms with Crippen molar-refractivity contribution < 1.29 is 4.79 Å². The molecular formula is C21H26N4O2S. The van der Waals surface area contributed by atoms with E-state index in [1.807, 2.05) is 27.9 Å². The van der Waals surface area contributed by atoms with Gasteiger partial charge in [0.15, 0.2) is 0 Å². The van der Waals surface area contributed by atoms with Gasteiger partial charge in [0.1, 0.15) is 0 Å². The zero-order valence-corrected chi connectivity index (χ0v) is 16.9. The number of pyridine rings is 2. The second-order valence-corrected chi connectivity index (χ2v) is 8.77. The van der Waals surface area contributed by atoms with Gasteiger partial charge in [0, 0.05) is 55.3 Å². The highest BCUT2D eigenvalue weighted by atomic mass is 32.2. The van der Waals surface area contributed by atoms with E-state index in [0.29, 0.717) is 32.0 Å². The lowest BCUT2D eigenvalue weighted by Crippen LogP contribution is -2.53. The third kappa shape index (κ3) is 3.73. The van der Waals surface area contributed by atoms with E-state index < -0.39 is 6.04 Å². The molecule has 0 spiro atoms. The number of nitrogens with two attached hydrogens (primary N) is 1. The molecular weight excluding hydrogens is 372 g/mol. The lowest BCUT2D eigenvalue weighted by atomic mass is 9.82. The molecule has 2 aromatic heterocycles. The van der Waals surface area contributed by atoms with Gasteiger partial charge in [-0.1, -0.05) is 6.07 Å². The van der Waals surface area contributed by atoms with Gasteiger partial charge in [0.05, 0.1) is 6.04 Å². The van der Waals surface area contributed by atoms with Crippen molar-refractivity contribution in [3.63, 3.8) is 0 Å². The number of nitrogens with zero attached hydrogens (tertiary/aromatic N) is 3. The first kappa shape index (κ1) is 19.2. The topological polar surface area (TPSA) is 81.2 Å². The number of carbonyl (C=O) groups is 1. The van der Waals surface area contributed by atoms with E-state index in [9.17, 15) is 9.59 Å². The number of likely N-dealkylation sites (tertiary alicyclic amines) is 1. The summed E-state index contributed by atoms with van der Waals surface area (Å²) in [5, 5.41) is 0. The fourth-order valence-corrected chi connectivity index (χ4v) is 4.93. The molecule has 2 aliphatic rings. The Bertz CT molecular complexity index is 914. The molecule has 0 aromatic carbocycles. The Balaban J connectivity index is 1.61. The average Bonchev–Trinajstić information content (AvgIpc) is 2.72. The largest absolute Gasteiger partial charge is 0.340 e. The molecule has 6 nitrogen and oxygen atoms in total. The molecule has 7 heteroatoms. The number of rotatable bonds is 5. The summed E-state index contributed by atoms with van der Waals surface area (Å²) in [6.45, 7) is 2.00. The lowest BCUT2D eigenvalue weighted by molar-refractivity contribution is -0.135. The first-order valence-corrected chi connectivity index (χ1v) is 11.1. The van der Waals surface area contributed by atoms with Crippen molar-refractivity contribution in [1.82, 2.24) is 14.5 Å². The molecule has 4 heterocycles. The molecule has 2 N–H and O–H groups in total. The number of hydrogen-bond acceptors (Lipinski definition) is 5. The van der Waals surface area contributed by atoms with E-state index in [2.05, 4.69) is 11.1 Å². The summed E-state index contributed by atoms with van der Waals surface area (Å²) in [6.07, 6.45) is 7.24. The average molecular weight is 399 g/mol. The highest BCUT2D eigenvalue weighted by molar-refractivity contribution is 7.98. The Morgan fingerprint density at radius 1 is 1.32 bits per heavy atom. The first-order valence-electron chi connectivity index (χ1n) is 9.75. The predicted molar refractivity (Wildman–Crippen MR) is 112 cm³/mol. The second-order valence-electron chi connectivity index (χ2n) is 7.79. The van der Waals surface area contributed by atoms with Crippen molar-refractivity contribution in [3.8, 4) is 11.1 Å². The van der Waals surface area contributed by atoms with Crippen molar-refractivity contribution in [2.75, 3.05) is 25.1 Å². The van der Waals surface area contributed by atoms with E-state index in [0.717, 1.165) is 29.0 Å². The molecule has 3 atom stereocenters. The van der Waals surface area contributed by atoms with E-state index in [1.165, 1.54) is 0 Å². The van der Waals surface area contributed by atoms with Crippen LogP contribution in [0.1, 0.15) is 24.5 Å². The smallest absolute Gasteiger partial charge is 0.251 e. The third-order valence-corrected chi connectivity index (χ3v) is 6.46. The quantitative estimate of drug-likeness (QED) is 0.832. The van der Waals surface area contributed by atoms with Crippen LogP contribution < -0.4 is 11.3 Å². The summed E-state index contributed by atoms with van der Waals surface area (Å²) in [4.78, 5) is 31.7. The van der Waals surface area contributed by atoms with Gasteiger partial charge in [-0.15, -0.1) is 0 Å². The molecule has 28 heavy (non-hydrogen) atoms. The van der Waals surface area contributed by atoms with Gasteiger partial charge in [-0.05, 0) is 48.5 Å². The molecule has 1 amide bonds. The SMILES string of the molecule is CSCC[C@@H](N)C(=O)N1C[C@@H]2C[C@H](C1)c1cc(-c3cccnc3)cc(=O)n1C2. The van der Waals surface area contributed by atoms with Crippen molar-refractivity contribution in [2.24, 2.45) is 11.7 Å². The van der Waals surface area contributed by atoms with Crippen molar-refractivity contribution >= 4 is 17.7 Å². The molecule has 2 bridgehead atoms. The molecule has 2 aromatic rings. The number of fused-ring (bicyclic) bond motifs is 4. The second kappa shape index (κ2) is 8.09. The van der Waals surface area contributed by atoms with E-state index >= 15 is 0 Å². The maximum atomic E-state index is 12.8. The van der Waals surface area contributed by atoms with Crippen LogP contribution >= 0.6 is 11.8 Å². The van der Waals surface area contributed by atoms with Crippen molar-refractivity contribution in [2.45, 2.75) is 31.3 Å².